The van der Waals surface area contributed by atoms with E-state index < -0.39 is 0 Å². The molecule has 8 heteroatoms. The second kappa shape index (κ2) is 6.81. The summed E-state index contributed by atoms with van der Waals surface area (Å²) in [7, 11) is 1.93. The normalized spacial score (nSPS) is 11.5. The van der Waals surface area contributed by atoms with Gasteiger partial charge in [0.1, 0.15) is 16.3 Å². The molecule has 0 saturated carbocycles. The summed E-state index contributed by atoms with van der Waals surface area (Å²) in [6.45, 7) is 1.06. The van der Waals surface area contributed by atoms with Gasteiger partial charge in [0.15, 0.2) is 0 Å². The van der Waals surface area contributed by atoms with Crippen LogP contribution in [0.3, 0.4) is 0 Å². The van der Waals surface area contributed by atoms with Crippen molar-refractivity contribution < 1.29 is 4.39 Å². The highest BCUT2D eigenvalue weighted by Crippen LogP contribution is 2.23. The topological polar surface area (TPSA) is 77.7 Å². The van der Waals surface area contributed by atoms with Crippen molar-refractivity contribution in [2.75, 3.05) is 7.05 Å². The molecule has 0 radical (unpaired) electrons. The molecule has 6 nitrogen and oxygen atoms in total. The lowest BCUT2D eigenvalue weighted by molar-refractivity contribution is 0.311. The second-order valence-electron chi connectivity index (χ2n) is 6.10. The molecule has 4 aromatic rings. The predicted molar refractivity (Wildman–Crippen MR) is 99.4 cm³/mol. The van der Waals surface area contributed by atoms with Gasteiger partial charge < -0.3 is 4.98 Å². The Bertz CT molecular complexity index is 1120. The van der Waals surface area contributed by atoms with Gasteiger partial charge in [0, 0.05) is 17.7 Å². The van der Waals surface area contributed by atoms with Crippen molar-refractivity contribution in [3.05, 3.63) is 69.5 Å². The van der Waals surface area contributed by atoms with E-state index in [2.05, 4.69) is 20.2 Å². The van der Waals surface area contributed by atoms with Crippen LogP contribution in [0.5, 0.6) is 0 Å². The Balaban J connectivity index is 1.54. The fourth-order valence-corrected chi connectivity index (χ4v) is 3.65. The largest absolute Gasteiger partial charge is 0.308 e. The van der Waals surface area contributed by atoms with Crippen LogP contribution in [0, 0.1) is 5.82 Å². The third-order valence-electron chi connectivity index (χ3n) is 4.05. The zero-order valence-corrected chi connectivity index (χ0v) is 14.8. The summed E-state index contributed by atoms with van der Waals surface area (Å²) in [5, 5.41) is 8.88. The molecule has 4 rings (SSSR count). The van der Waals surface area contributed by atoms with Crippen LogP contribution in [0.15, 0.2) is 46.7 Å². The zero-order valence-electron chi connectivity index (χ0n) is 14.0. The number of aromatic nitrogens is 4. The van der Waals surface area contributed by atoms with E-state index in [9.17, 15) is 9.18 Å². The molecule has 0 aliphatic carbocycles. The number of fused-ring (bicyclic) bond motifs is 1. The first-order chi connectivity index (χ1) is 12.6. The highest BCUT2D eigenvalue weighted by Gasteiger charge is 2.13. The molecule has 2 N–H and O–H groups in total. The lowest BCUT2D eigenvalue weighted by atomic mass is 10.1. The van der Waals surface area contributed by atoms with E-state index in [1.807, 2.05) is 29.5 Å². The van der Waals surface area contributed by atoms with Crippen LogP contribution >= 0.6 is 11.3 Å². The molecular formula is C18H16FN5OS. The number of hydrogen-bond donors (Lipinski definition) is 2. The number of nitrogens with one attached hydrogen (secondary N) is 2. The molecule has 0 fully saturated rings. The Kier molecular flexibility index (Phi) is 4.36. The Morgan fingerprint density at radius 1 is 1.27 bits per heavy atom. The number of H-pyrrole nitrogens is 2. The van der Waals surface area contributed by atoms with Gasteiger partial charge in [0.2, 0.25) is 0 Å². The molecule has 3 aromatic heterocycles. The molecule has 0 unspecified atom stereocenters. The molecule has 1 aromatic carbocycles. The number of rotatable bonds is 5. The van der Waals surface area contributed by atoms with Gasteiger partial charge in [0.05, 0.1) is 24.0 Å². The Hall–Kier alpha value is -2.84. The molecular weight excluding hydrogens is 353 g/mol. The summed E-state index contributed by atoms with van der Waals surface area (Å²) >= 11 is 1.38. The summed E-state index contributed by atoms with van der Waals surface area (Å²) in [4.78, 5) is 21.4. The summed E-state index contributed by atoms with van der Waals surface area (Å²) in [6, 6.07) is 8.24. The highest BCUT2D eigenvalue weighted by molar-refractivity contribution is 7.17. The summed E-state index contributed by atoms with van der Waals surface area (Å²) in [6.07, 6.45) is 1.73. The minimum atomic E-state index is -0.290. The maximum absolute atomic E-state index is 13.5. The average Bonchev–Trinajstić information content (AvgIpc) is 3.24. The molecule has 132 valence electrons. The van der Waals surface area contributed by atoms with Gasteiger partial charge in [-0.25, -0.2) is 9.37 Å². The monoisotopic (exact) mass is 369 g/mol. The number of aromatic amines is 2. The van der Waals surface area contributed by atoms with Crippen molar-refractivity contribution in [1.29, 1.82) is 0 Å². The maximum atomic E-state index is 13.5. The van der Waals surface area contributed by atoms with Crippen molar-refractivity contribution in [2.24, 2.45) is 0 Å². The SMILES string of the molecule is CN(Cc1nc2ccsc2c(=O)[nH]1)Cc1cn[nH]c1-c1cccc(F)c1. The molecule has 0 aliphatic rings. The van der Waals surface area contributed by atoms with E-state index in [0.717, 1.165) is 16.8 Å². The van der Waals surface area contributed by atoms with Crippen molar-refractivity contribution in [2.45, 2.75) is 13.1 Å². The molecule has 0 saturated heterocycles. The van der Waals surface area contributed by atoms with E-state index >= 15 is 0 Å². The van der Waals surface area contributed by atoms with Gasteiger partial charge in [-0.2, -0.15) is 5.10 Å². The third-order valence-corrected chi connectivity index (χ3v) is 4.96. The smallest absolute Gasteiger partial charge is 0.268 e. The van der Waals surface area contributed by atoms with E-state index in [4.69, 9.17) is 0 Å². The number of thiophene rings is 1. The van der Waals surface area contributed by atoms with E-state index in [-0.39, 0.29) is 11.4 Å². The van der Waals surface area contributed by atoms with Gasteiger partial charge >= 0.3 is 0 Å². The van der Waals surface area contributed by atoms with Crippen LogP contribution in [0.1, 0.15) is 11.4 Å². The molecule has 0 amide bonds. The van der Waals surface area contributed by atoms with Crippen molar-refractivity contribution >= 4 is 21.6 Å². The number of nitrogens with zero attached hydrogens (tertiary/aromatic N) is 3. The minimum absolute atomic E-state index is 0.114. The van der Waals surface area contributed by atoms with E-state index in [0.29, 0.717) is 29.1 Å². The molecule has 26 heavy (non-hydrogen) atoms. The van der Waals surface area contributed by atoms with Crippen LogP contribution in [-0.2, 0) is 13.1 Å². The van der Waals surface area contributed by atoms with Gasteiger partial charge in [-0.3, -0.25) is 14.8 Å². The standard InChI is InChI=1S/C18H16FN5OS/c1-24(10-15-21-14-5-6-26-17(14)18(25)22-15)9-12-8-20-23-16(12)11-3-2-4-13(19)7-11/h2-8H,9-10H2,1H3,(H,20,23)(H,21,22,25). The fourth-order valence-electron chi connectivity index (χ4n) is 2.92. The molecule has 0 atom stereocenters. The molecule has 0 spiro atoms. The second-order valence-corrected chi connectivity index (χ2v) is 7.02. The quantitative estimate of drug-likeness (QED) is 0.567. The molecule has 3 heterocycles. The van der Waals surface area contributed by atoms with Gasteiger partial charge in [-0.15, -0.1) is 11.3 Å². The minimum Gasteiger partial charge on any atom is -0.308 e. The zero-order chi connectivity index (χ0) is 18.1. The number of halogens is 1. The highest BCUT2D eigenvalue weighted by atomic mass is 32.1. The van der Waals surface area contributed by atoms with E-state index in [1.165, 1.54) is 23.5 Å². The van der Waals surface area contributed by atoms with Gasteiger partial charge in [0.25, 0.3) is 5.56 Å². The lowest BCUT2D eigenvalue weighted by Gasteiger charge is -2.16. The van der Waals surface area contributed by atoms with Crippen molar-refractivity contribution in [3.8, 4) is 11.3 Å². The maximum Gasteiger partial charge on any atom is 0.268 e. The van der Waals surface area contributed by atoms with Crippen molar-refractivity contribution in [1.82, 2.24) is 25.1 Å². The third kappa shape index (κ3) is 3.29. The van der Waals surface area contributed by atoms with Crippen LogP contribution in [-0.4, -0.2) is 32.1 Å². The predicted octanol–water partition coefficient (Wildman–Crippen LogP) is 3.15. The first-order valence-corrected chi connectivity index (χ1v) is 8.91. The number of benzene rings is 1. The Labute approximate surface area is 152 Å². The van der Waals surface area contributed by atoms with Crippen LogP contribution < -0.4 is 5.56 Å². The van der Waals surface area contributed by atoms with Gasteiger partial charge in [-0.1, -0.05) is 12.1 Å². The van der Waals surface area contributed by atoms with E-state index in [1.54, 1.807) is 12.3 Å². The Morgan fingerprint density at radius 2 is 2.15 bits per heavy atom. The first-order valence-electron chi connectivity index (χ1n) is 8.03. The average molecular weight is 369 g/mol. The van der Waals surface area contributed by atoms with Crippen LogP contribution in [0.25, 0.3) is 21.5 Å². The van der Waals surface area contributed by atoms with Crippen LogP contribution in [0.2, 0.25) is 0 Å². The fraction of sp³-hybridized carbons (Fsp3) is 0.167. The van der Waals surface area contributed by atoms with Crippen LogP contribution in [0.4, 0.5) is 4.39 Å². The summed E-state index contributed by atoms with van der Waals surface area (Å²) in [5.74, 6) is 0.321. The van der Waals surface area contributed by atoms with Gasteiger partial charge in [-0.05, 0) is 30.6 Å². The molecule has 0 aliphatic heterocycles. The first kappa shape index (κ1) is 16.6. The molecule has 0 bridgehead atoms. The Morgan fingerprint density at radius 3 is 3.00 bits per heavy atom. The summed E-state index contributed by atoms with van der Waals surface area (Å²) in [5.41, 5.74) is 3.07. The summed E-state index contributed by atoms with van der Waals surface area (Å²) < 4.78 is 14.1. The van der Waals surface area contributed by atoms with Crippen molar-refractivity contribution in [3.63, 3.8) is 0 Å². The lowest BCUT2D eigenvalue weighted by Crippen LogP contribution is -2.21. The number of hydrogen-bond acceptors (Lipinski definition) is 5.